The van der Waals surface area contributed by atoms with E-state index in [4.69, 9.17) is 16.3 Å². The monoisotopic (exact) mass is 319 g/mol. The Balaban J connectivity index is 1.99. The first-order valence-corrected chi connectivity index (χ1v) is 7.90. The van der Waals surface area contributed by atoms with Gasteiger partial charge in [0.1, 0.15) is 12.4 Å². The van der Waals surface area contributed by atoms with Gasteiger partial charge in [0.05, 0.1) is 6.61 Å². The molecule has 2 aromatic carbocycles. The van der Waals surface area contributed by atoms with Crippen molar-refractivity contribution in [3.8, 4) is 5.75 Å². The van der Waals surface area contributed by atoms with Crippen LogP contribution in [-0.2, 0) is 13.2 Å². The highest BCUT2D eigenvalue weighted by Gasteiger charge is 2.07. The van der Waals surface area contributed by atoms with Gasteiger partial charge in [-0.2, -0.15) is 0 Å². The second kappa shape index (κ2) is 8.79. The molecule has 0 aliphatic heterocycles. The second-order valence-electron chi connectivity index (χ2n) is 5.19. The van der Waals surface area contributed by atoms with Gasteiger partial charge in [-0.25, -0.2) is 0 Å². The van der Waals surface area contributed by atoms with Gasteiger partial charge in [0.15, 0.2) is 0 Å². The molecule has 0 fully saturated rings. The first-order valence-electron chi connectivity index (χ1n) is 7.52. The Morgan fingerprint density at radius 2 is 2.00 bits per heavy atom. The molecule has 0 saturated carbocycles. The highest BCUT2D eigenvalue weighted by atomic mass is 35.5. The van der Waals surface area contributed by atoms with Crippen molar-refractivity contribution in [3.05, 3.63) is 64.7 Å². The van der Waals surface area contributed by atoms with Gasteiger partial charge in [0.2, 0.25) is 0 Å². The van der Waals surface area contributed by atoms with Crippen LogP contribution in [0.15, 0.2) is 48.5 Å². The van der Waals surface area contributed by atoms with E-state index in [1.54, 1.807) is 0 Å². The van der Waals surface area contributed by atoms with Gasteiger partial charge in [0, 0.05) is 23.2 Å². The summed E-state index contributed by atoms with van der Waals surface area (Å²) in [6.45, 7) is 3.34. The van der Waals surface area contributed by atoms with Crippen LogP contribution in [0.5, 0.6) is 5.75 Å². The fraction of sp³-hybridized carbons (Fsp3) is 0.333. The summed E-state index contributed by atoms with van der Waals surface area (Å²) in [7, 11) is 0. The van der Waals surface area contributed by atoms with Crippen molar-refractivity contribution in [2.45, 2.75) is 32.5 Å². The van der Waals surface area contributed by atoms with Crippen LogP contribution in [-0.4, -0.2) is 17.8 Å². The van der Waals surface area contributed by atoms with Gasteiger partial charge in [0.25, 0.3) is 0 Å². The third kappa shape index (κ3) is 5.02. The molecule has 0 aromatic heterocycles. The van der Waals surface area contributed by atoms with E-state index in [1.165, 1.54) is 0 Å². The predicted octanol–water partition coefficient (Wildman–Crippen LogP) is 3.78. The van der Waals surface area contributed by atoms with Gasteiger partial charge in [-0.1, -0.05) is 48.9 Å². The van der Waals surface area contributed by atoms with Crippen molar-refractivity contribution in [2.24, 2.45) is 0 Å². The lowest BCUT2D eigenvalue weighted by Crippen LogP contribution is -2.31. The number of aliphatic hydroxyl groups is 1. The number of ether oxygens (including phenoxy) is 1. The normalized spacial score (nSPS) is 12.1. The minimum absolute atomic E-state index is 0.112. The maximum Gasteiger partial charge on any atom is 0.124 e. The molecule has 0 amide bonds. The van der Waals surface area contributed by atoms with E-state index in [-0.39, 0.29) is 12.6 Å². The number of aliphatic hydroxyl groups excluding tert-OH is 1. The quantitative estimate of drug-likeness (QED) is 0.778. The third-order valence-electron chi connectivity index (χ3n) is 3.55. The van der Waals surface area contributed by atoms with Crippen molar-refractivity contribution in [1.82, 2.24) is 5.32 Å². The van der Waals surface area contributed by atoms with Crippen LogP contribution in [0, 0.1) is 0 Å². The molecule has 0 aliphatic rings. The molecule has 0 spiro atoms. The number of hydrogen-bond acceptors (Lipinski definition) is 3. The molecule has 2 aromatic rings. The predicted molar refractivity (Wildman–Crippen MR) is 90.2 cm³/mol. The Bertz CT molecular complexity index is 585. The number of hydrogen-bond donors (Lipinski definition) is 2. The third-order valence-corrected chi connectivity index (χ3v) is 3.79. The van der Waals surface area contributed by atoms with Crippen LogP contribution in [0.2, 0.25) is 5.02 Å². The number of para-hydroxylation sites is 1. The molecule has 118 valence electrons. The molecular weight excluding hydrogens is 298 g/mol. The Hall–Kier alpha value is -1.55. The Morgan fingerprint density at radius 3 is 2.73 bits per heavy atom. The summed E-state index contributed by atoms with van der Waals surface area (Å²) in [4.78, 5) is 0. The number of nitrogens with one attached hydrogen (secondary N) is 1. The van der Waals surface area contributed by atoms with Crippen LogP contribution >= 0.6 is 11.6 Å². The molecule has 22 heavy (non-hydrogen) atoms. The fourth-order valence-electron chi connectivity index (χ4n) is 2.17. The second-order valence-corrected chi connectivity index (χ2v) is 5.63. The van der Waals surface area contributed by atoms with Crippen molar-refractivity contribution in [3.63, 3.8) is 0 Å². The molecule has 0 aliphatic carbocycles. The molecular formula is C18H22ClNO2. The zero-order valence-corrected chi connectivity index (χ0v) is 13.5. The molecule has 0 saturated heterocycles. The van der Waals surface area contributed by atoms with Gasteiger partial charge < -0.3 is 15.2 Å². The summed E-state index contributed by atoms with van der Waals surface area (Å²) in [6.07, 6.45) is 0.891. The highest BCUT2D eigenvalue weighted by Crippen LogP contribution is 2.20. The van der Waals surface area contributed by atoms with Crippen LogP contribution < -0.4 is 10.1 Å². The van der Waals surface area contributed by atoms with Crippen LogP contribution in [0.4, 0.5) is 0 Å². The number of halogens is 1. The summed E-state index contributed by atoms with van der Waals surface area (Å²) in [6, 6.07) is 15.7. The maximum atomic E-state index is 9.25. The van der Waals surface area contributed by atoms with E-state index in [1.807, 2.05) is 48.5 Å². The fourth-order valence-corrected chi connectivity index (χ4v) is 2.38. The largest absolute Gasteiger partial charge is 0.489 e. The van der Waals surface area contributed by atoms with Crippen molar-refractivity contribution >= 4 is 11.6 Å². The molecule has 2 N–H and O–H groups in total. The zero-order chi connectivity index (χ0) is 15.8. The van der Waals surface area contributed by atoms with E-state index in [0.29, 0.717) is 18.2 Å². The van der Waals surface area contributed by atoms with Gasteiger partial charge in [-0.05, 0) is 30.2 Å². The standard InChI is InChI=1S/C18H22ClNO2/c1-2-17(12-21)20-11-15-7-3-4-9-18(15)22-13-14-6-5-8-16(19)10-14/h3-10,17,20-21H,2,11-13H2,1H3/t17-/m1/s1. The first-order chi connectivity index (χ1) is 10.7. The smallest absolute Gasteiger partial charge is 0.124 e. The van der Waals surface area contributed by atoms with E-state index in [9.17, 15) is 5.11 Å². The Kier molecular flexibility index (Phi) is 6.72. The summed E-state index contributed by atoms with van der Waals surface area (Å²) in [5, 5.41) is 13.3. The van der Waals surface area contributed by atoms with Crippen LogP contribution in [0.25, 0.3) is 0 Å². The van der Waals surface area contributed by atoms with E-state index in [2.05, 4.69) is 12.2 Å². The summed E-state index contributed by atoms with van der Waals surface area (Å²) < 4.78 is 5.92. The number of benzene rings is 2. The van der Waals surface area contributed by atoms with Gasteiger partial charge in [-0.15, -0.1) is 0 Å². The molecule has 0 unspecified atom stereocenters. The first kappa shape index (κ1) is 16.8. The minimum atomic E-state index is 0.112. The molecule has 2 rings (SSSR count). The zero-order valence-electron chi connectivity index (χ0n) is 12.8. The molecule has 0 bridgehead atoms. The lowest BCUT2D eigenvalue weighted by molar-refractivity contribution is 0.237. The molecule has 3 nitrogen and oxygen atoms in total. The topological polar surface area (TPSA) is 41.5 Å². The maximum absolute atomic E-state index is 9.25. The minimum Gasteiger partial charge on any atom is -0.489 e. The molecule has 4 heteroatoms. The lowest BCUT2D eigenvalue weighted by Gasteiger charge is -2.16. The molecule has 0 heterocycles. The SMILES string of the molecule is CC[C@H](CO)NCc1ccccc1OCc1cccc(Cl)c1. The lowest BCUT2D eigenvalue weighted by atomic mass is 10.1. The number of rotatable bonds is 8. The Morgan fingerprint density at radius 1 is 1.18 bits per heavy atom. The summed E-state index contributed by atoms with van der Waals surface area (Å²) in [5.41, 5.74) is 2.12. The summed E-state index contributed by atoms with van der Waals surface area (Å²) >= 11 is 5.99. The average molecular weight is 320 g/mol. The average Bonchev–Trinajstić information content (AvgIpc) is 2.55. The highest BCUT2D eigenvalue weighted by molar-refractivity contribution is 6.30. The van der Waals surface area contributed by atoms with Crippen LogP contribution in [0.1, 0.15) is 24.5 Å². The van der Waals surface area contributed by atoms with Crippen LogP contribution in [0.3, 0.4) is 0 Å². The summed E-state index contributed by atoms with van der Waals surface area (Å²) in [5.74, 6) is 0.850. The van der Waals surface area contributed by atoms with Crippen molar-refractivity contribution < 1.29 is 9.84 Å². The van der Waals surface area contributed by atoms with Gasteiger partial charge in [-0.3, -0.25) is 0 Å². The van der Waals surface area contributed by atoms with E-state index in [0.717, 1.165) is 23.3 Å². The Labute approximate surface area is 136 Å². The van der Waals surface area contributed by atoms with E-state index >= 15 is 0 Å². The van der Waals surface area contributed by atoms with Crippen molar-refractivity contribution in [2.75, 3.05) is 6.61 Å². The van der Waals surface area contributed by atoms with E-state index < -0.39 is 0 Å². The molecule has 1 atom stereocenters. The van der Waals surface area contributed by atoms with Crippen molar-refractivity contribution in [1.29, 1.82) is 0 Å². The molecule has 0 radical (unpaired) electrons. The van der Waals surface area contributed by atoms with Gasteiger partial charge >= 0.3 is 0 Å².